The van der Waals surface area contributed by atoms with Crippen molar-refractivity contribution < 1.29 is 0 Å². The molecule has 2 fully saturated rings. The SMILES string of the molecule is CC(C)N1CCCC2(CNCC(C)(C)C2)C1. The van der Waals surface area contributed by atoms with E-state index >= 15 is 0 Å². The molecule has 1 atom stereocenters. The summed E-state index contributed by atoms with van der Waals surface area (Å²) in [6.45, 7) is 14.5. The van der Waals surface area contributed by atoms with Crippen molar-refractivity contribution in [1.82, 2.24) is 10.2 Å². The fourth-order valence-corrected chi connectivity index (χ4v) is 3.78. The van der Waals surface area contributed by atoms with Crippen LogP contribution in [0.3, 0.4) is 0 Å². The van der Waals surface area contributed by atoms with E-state index in [0.717, 1.165) is 0 Å². The van der Waals surface area contributed by atoms with Gasteiger partial charge in [0.15, 0.2) is 0 Å². The van der Waals surface area contributed by atoms with Crippen LogP contribution in [-0.4, -0.2) is 37.1 Å². The lowest BCUT2D eigenvalue weighted by molar-refractivity contribution is 0.00813. The molecule has 2 heteroatoms. The van der Waals surface area contributed by atoms with Crippen LogP contribution in [0.1, 0.15) is 47.0 Å². The molecule has 16 heavy (non-hydrogen) atoms. The van der Waals surface area contributed by atoms with Crippen molar-refractivity contribution in [1.29, 1.82) is 0 Å². The first-order chi connectivity index (χ1) is 7.43. The molecule has 2 aliphatic rings. The molecule has 2 nitrogen and oxygen atoms in total. The van der Waals surface area contributed by atoms with Crippen LogP contribution in [0.2, 0.25) is 0 Å². The predicted molar refractivity (Wildman–Crippen MR) is 69.6 cm³/mol. The van der Waals surface area contributed by atoms with Crippen molar-refractivity contribution in [2.45, 2.75) is 53.0 Å². The van der Waals surface area contributed by atoms with Crippen LogP contribution in [0.5, 0.6) is 0 Å². The number of hydrogen-bond donors (Lipinski definition) is 1. The van der Waals surface area contributed by atoms with Gasteiger partial charge in [0.25, 0.3) is 0 Å². The number of likely N-dealkylation sites (tertiary alicyclic amines) is 1. The van der Waals surface area contributed by atoms with Crippen LogP contribution < -0.4 is 5.32 Å². The molecule has 0 amide bonds. The molecule has 1 N–H and O–H groups in total. The van der Waals surface area contributed by atoms with E-state index in [-0.39, 0.29) is 0 Å². The lowest BCUT2D eigenvalue weighted by Gasteiger charge is -2.51. The standard InChI is InChI=1S/C14H28N2/c1-12(2)16-7-5-6-14(11-16)8-13(3,4)9-15-10-14/h12,15H,5-11H2,1-4H3. The van der Waals surface area contributed by atoms with E-state index in [2.05, 4.69) is 37.9 Å². The summed E-state index contributed by atoms with van der Waals surface area (Å²) in [6.07, 6.45) is 4.21. The van der Waals surface area contributed by atoms with Gasteiger partial charge in [-0.05, 0) is 50.5 Å². The van der Waals surface area contributed by atoms with E-state index < -0.39 is 0 Å². The van der Waals surface area contributed by atoms with Gasteiger partial charge >= 0.3 is 0 Å². The minimum absolute atomic E-state index is 0.484. The second kappa shape index (κ2) is 4.30. The summed E-state index contributed by atoms with van der Waals surface area (Å²) in [4.78, 5) is 2.67. The van der Waals surface area contributed by atoms with Crippen molar-refractivity contribution in [2.75, 3.05) is 26.2 Å². The first-order valence-electron chi connectivity index (χ1n) is 6.87. The fourth-order valence-electron chi connectivity index (χ4n) is 3.78. The summed E-state index contributed by atoms with van der Waals surface area (Å²) in [7, 11) is 0. The van der Waals surface area contributed by atoms with Gasteiger partial charge in [-0.15, -0.1) is 0 Å². The molecule has 1 unspecified atom stereocenters. The Morgan fingerprint density at radius 1 is 1.19 bits per heavy atom. The van der Waals surface area contributed by atoms with Gasteiger partial charge in [-0.25, -0.2) is 0 Å². The third-order valence-corrected chi connectivity index (χ3v) is 4.38. The van der Waals surface area contributed by atoms with Gasteiger partial charge in [0.1, 0.15) is 0 Å². The zero-order valence-electron chi connectivity index (χ0n) is 11.5. The second-order valence-electron chi connectivity index (χ2n) is 7.11. The van der Waals surface area contributed by atoms with E-state index in [4.69, 9.17) is 0 Å². The summed E-state index contributed by atoms with van der Waals surface area (Å²) in [5.74, 6) is 0. The maximum Gasteiger partial charge on any atom is 0.00531 e. The van der Waals surface area contributed by atoms with E-state index in [9.17, 15) is 0 Å². The Kier molecular flexibility index (Phi) is 3.33. The Balaban J connectivity index is 2.06. The van der Waals surface area contributed by atoms with Crippen molar-refractivity contribution in [3.8, 4) is 0 Å². The first-order valence-corrected chi connectivity index (χ1v) is 6.87. The average Bonchev–Trinajstić information content (AvgIpc) is 2.15. The van der Waals surface area contributed by atoms with E-state index in [0.29, 0.717) is 16.9 Å². The Morgan fingerprint density at radius 3 is 2.56 bits per heavy atom. The lowest BCUT2D eigenvalue weighted by atomic mass is 9.66. The molecule has 2 heterocycles. The molecule has 0 aliphatic carbocycles. The number of nitrogens with zero attached hydrogens (tertiary/aromatic N) is 1. The topological polar surface area (TPSA) is 15.3 Å². The second-order valence-corrected chi connectivity index (χ2v) is 7.11. The Labute approximate surface area is 101 Å². The van der Waals surface area contributed by atoms with Crippen molar-refractivity contribution >= 4 is 0 Å². The molecule has 94 valence electrons. The van der Waals surface area contributed by atoms with Crippen LogP contribution in [0.25, 0.3) is 0 Å². The lowest BCUT2D eigenvalue weighted by Crippen LogP contribution is -2.56. The smallest absolute Gasteiger partial charge is 0.00531 e. The van der Waals surface area contributed by atoms with E-state index in [1.165, 1.54) is 45.4 Å². The largest absolute Gasteiger partial charge is 0.316 e. The minimum atomic E-state index is 0.484. The van der Waals surface area contributed by atoms with Crippen LogP contribution in [-0.2, 0) is 0 Å². The summed E-state index contributed by atoms with van der Waals surface area (Å²) < 4.78 is 0. The van der Waals surface area contributed by atoms with Crippen LogP contribution in [0.15, 0.2) is 0 Å². The summed E-state index contributed by atoms with van der Waals surface area (Å²) >= 11 is 0. The van der Waals surface area contributed by atoms with Gasteiger partial charge in [-0.3, -0.25) is 0 Å². The van der Waals surface area contributed by atoms with Crippen LogP contribution >= 0.6 is 0 Å². The van der Waals surface area contributed by atoms with Gasteiger partial charge in [-0.1, -0.05) is 13.8 Å². The van der Waals surface area contributed by atoms with Crippen LogP contribution in [0, 0.1) is 10.8 Å². The van der Waals surface area contributed by atoms with Crippen molar-refractivity contribution in [3.05, 3.63) is 0 Å². The fraction of sp³-hybridized carbons (Fsp3) is 1.00. The van der Waals surface area contributed by atoms with Crippen LogP contribution in [0.4, 0.5) is 0 Å². The van der Waals surface area contributed by atoms with E-state index in [1.807, 2.05) is 0 Å². The molecule has 2 rings (SSSR count). The molecular weight excluding hydrogens is 196 g/mol. The van der Waals surface area contributed by atoms with E-state index in [1.54, 1.807) is 0 Å². The Hall–Kier alpha value is -0.0800. The highest BCUT2D eigenvalue weighted by Crippen LogP contribution is 2.43. The minimum Gasteiger partial charge on any atom is -0.316 e. The predicted octanol–water partition coefficient (Wildman–Crippen LogP) is 2.50. The number of piperidine rings is 2. The maximum absolute atomic E-state index is 3.67. The molecule has 2 aliphatic heterocycles. The monoisotopic (exact) mass is 224 g/mol. The van der Waals surface area contributed by atoms with Gasteiger partial charge in [-0.2, -0.15) is 0 Å². The number of rotatable bonds is 1. The maximum atomic E-state index is 3.67. The van der Waals surface area contributed by atoms with Gasteiger partial charge < -0.3 is 10.2 Å². The zero-order valence-corrected chi connectivity index (χ0v) is 11.5. The highest BCUT2D eigenvalue weighted by Gasteiger charge is 2.42. The normalized spacial score (nSPS) is 35.8. The Morgan fingerprint density at radius 2 is 1.94 bits per heavy atom. The molecule has 0 saturated carbocycles. The highest BCUT2D eigenvalue weighted by atomic mass is 15.2. The molecule has 0 bridgehead atoms. The molecular formula is C14H28N2. The average molecular weight is 224 g/mol. The first kappa shape index (κ1) is 12.4. The summed E-state index contributed by atoms with van der Waals surface area (Å²) in [5, 5.41) is 3.67. The molecule has 0 aromatic heterocycles. The van der Waals surface area contributed by atoms with Crippen molar-refractivity contribution in [2.24, 2.45) is 10.8 Å². The Bertz CT molecular complexity index is 243. The summed E-state index contributed by atoms with van der Waals surface area (Å²) in [6, 6.07) is 0.710. The highest BCUT2D eigenvalue weighted by molar-refractivity contribution is 4.97. The molecule has 1 spiro atoms. The van der Waals surface area contributed by atoms with Gasteiger partial charge in [0, 0.05) is 25.7 Å². The third kappa shape index (κ3) is 2.60. The molecule has 2 saturated heterocycles. The summed E-state index contributed by atoms with van der Waals surface area (Å²) in [5.41, 5.74) is 1.04. The molecule has 0 radical (unpaired) electrons. The molecule has 0 aromatic rings. The quantitative estimate of drug-likeness (QED) is 0.736. The van der Waals surface area contributed by atoms with Crippen molar-refractivity contribution in [3.63, 3.8) is 0 Å². The number of hydrogen-bond acceptors (Lipinski definition) is 2. The third-order valence-electron chi connectivity index (χ3n) is 4.38. The van der Waals surface area contributed by atoms with Gasteiger partial charge in [0.2, 0.25) is 0 Å². The number of nitrogens with one attached hydrogen (secondary N) is 1. The molecule has 0 aromatic carbocycles. The van der Waals surface area contributed by atoms with Gasteiger partial charge in [0.05, 0.1) is 0 Å². The zero-order chi connectivity index (χ0) is 11.8.